The van der Waals surface area contributed by atoms with Gasteiger partial charge in [0.2, 0.25) is 13.4 Å². The molecule has 10 atom stereocenters. The maximum absolute atomic E-state index is 10.6. The molecule has 2 saturated heterocycles. The predicted molar refractivity (Wildman–Crippen MR) is 103 cm³/mol. The number of aliphatic hydroxyl groups is 3. The lowest BCUT2D eigenvalue weighted by molar-refractivity contribution is -0.321. The standard InChI is InChI=1S/C15H26BN4O8S/c1-5-10(22)15(25-7(3)17)24-6(2)12(5)27-14-9(19-20-18)11(23)13(28-29-16)8(4-21)26-14/h5-6,8-17,21-23H,4H2,1-3H3/t5-,6?,8?,9?,10?,11+,12+,13-,14-,15-/m0/s1/i16T. The van der Waals surface area contributed by atoms with E-state index in [9.17, 15) is 15.3 Å². The second kappa shape index (κ2) is 10.8. The van der Waals surface area contributed by atoms with Crippen LogP contribution in [-0.2, 0) is 23.1 Å². The molecule has 0 aliphatic carbocycles. The van der Waals surface area contributed by atoms with Crippen molar-refractivity contribution in [3.05, 3.63) is 10.4 Å². The summed E-state index contributed by atoms with van der Waals surface area (Å²) in [6.45, 7) is 4.27. The van der Waals surface area contributed by atoms with Gasteiger partial charge < -0.3 is 38.5 Å². The van der Waals surface area contributed by atoms with E-state index in [-0.39, 0.29) is 5.90 Å². The van der Waals surface area contributed by atoms with Crippen LogP contribution in [0.2, 0.25) is 0 Å². The quantitative estimate of drug-likeness (QED) is 0.0759. The number of hydrogen-bond donors (Lipinski definition) is 4. The second-order valence-electron chi connectivity index (χ2n) is 6.90. The summed E-state index contributed by atoms with van der Waals surface area (Å²) in [6.07, 6.45) is -8.24. The summed E-state index contributed by atoms with van der Waals surface area (Å²) in [5.74, 6) is -0.639. The highest BCUT2D eigenvalue weighted by Crippen LogP contribution is 2.34. The fourth-order valence-corrected chi connectivity index (χ4v) is 3.80. The summed E-state index contributed by atoms with van der Waals surface area (Å²) in [6, 6.07) is -1.22. The van der Waals surface area contributed by atoms with E-state index in [1.54, 1.807) is 13.8 Å². The molecule has 4 unspecified atom stereocenters. The van der Waals surface area contributed by atoms with Gasteiger partial charge in [-0.05, 0) is 13.8 Å². The van der Waals surface area contributed by atoms with E-state index in [1.165, 1.54) is 6.92 Å². The van der Waals surface area contributed by atoms with Crippen molar-refractivity contribution in [2.24, 2.45) is 11.0 Å². The molecule has 163 valence electrons. The molecule has 0 aromatic heterocycles. The summed E-state index contributed by atoms with van der Waals surface area (Å²) < 4.78 is 34.8. The molecule has 2 aliphatic rings. The molecule has 2 aliphatic heterocycles. The van der Waals surface area contributed by atoms with E-state index in [1.807, 2.05) is 0 Å². The van der Waals surface area contributed by atoms with Crippen LogP contribution in [0.15, 0.2) is 5.11 Å². The lowest BCUT2D eigenvalue weighted by atomic mass is 9.90. The fraction of sp³-hybridized carbons (Fsp3) is 0.933. The molecule has 14 heteroatoms. The van der Waals surface area contributed by atoms with Crippen molar-refractivity contribution in [2.45, 2.75) is 76.0 Å². The third-order valence-electron chi connectivity index (χ3n) is 4.90. The minimum Gasteiger partial charge on any atom is -0.450 e. The van der Waals surface area contributed by atoms with Gasteiger partial charge in [0.05, 0.1) is 24.9 Å². The smallest absolute Gasteiger partial charge is 0.228 e. The zero-order valence-corrected chi connectivity index (χ0v) is 17.0. The Morgan fingerprint density at radius 3 is 2.62 bits per heavy atom. The summed E-state index contributed by atoms with van der Waals surface area (Å²) in [7, 11) is 0.894. The molecule has 0 saturated carbocycles. The molecule has 1 radical (unpaired) electrons. The molecule has 0 amide bonds. The molecular formula is C15H26BN4O8S. The van der Waals surface area contributed by atoms with Crippen molar-refractivity contribution in [3.8, 4) is 0 Å². The summed E-state index contributed by atoms with van der Waals surface area (Å²) in [5, 5.41) is 41.7. The highest BCUT2D eigenvalue weighted by atomic mass is 32.2. The largest absolute Gasteiger partial charge is 0.450 e. The minimum absolute atomic E-state index is 0.111. The average molecular weight is 435 g/mol. The molecule has 0 bridgehead atoms. The van der Waals surface area contributed by atoms with Crippen molar-refractivity contribution in [2.75, 3.05) is 6.61 Å². The molecule has 0 aromatic carbocycles. The summed E-state index contributed by atoms with van der Waals surface area (Å²) in [4.78, 5) is 2.73. The molecule has 0 spiro atoms. The van der Waals surface area contributed by atoms with E-state index < -0.39 is 67.8 Å². The van der Waals surface area contributed by atoms with Gasteiger partial charge in [0.1, 0.15) is 24.4 Å². The second-order valence-corrected chi connectivity index (χ2v) is 7.29. The molecule has 2 heterocycles. The van der Waals surface area contributed by atoms with Gasteiger partial charge in [0.25, 0.3) is 0 Å². The Morgan fingerprint density at radius 1 is 1.31 bits per heavy atom. The van der Waals surface area contributed by atoms with Crippen molar-refractivity contribution in [1.82, 2.24) is 0 Å². The van der Waals surface area contributed by atoms with Gasteiger partial charge in [-0.2, -0.15) is 0 Å². The number of nitrogens with zero attached hydrogens (tertiary/aromatic N) is 3. The van der Waals surface area contributed by atoms with Crippen LogP contribution >= 0.6 is 11.9 Å². The van der Waals surface area contributed by atoms with E-state index in [0.717, 1.165) is 7.09 Å². The highest BCUT2D eigenvalue weighted by molar-refractivity contribution is 8.15. The Labute approximate surface area is 174 Å². The van der Waals surface area contributed by atoms with Crippen LogP contribution < -0.4 is 0 Å². The normalized spacial score (nSPS) is 43.0. The molecule has 0 aromatic rings. The maximum atomic E-state index is 10.6. The molecular weight excluding hydrogens is 407 g/mol. The first-order valence-corrected chi connectivity index (χ1v) is 9.77. The molecule has 2 rings (SSSR count). The topological polar surface area (TPSA) is 179 Å². The number of nitrogens with one attached hydrogen (secondary N) is 1. The zero-order valence-electron chi connectivity index (χ0n) is 17.2. The SMILES string of the molecule is [3H][B]SO[C@H]1C(CO)O[C@@H](O[C@H]2C(C)O[C@@H](OC(C)=N)C(O)[C@@H]2C)C(N=[N+]=[N-])[C@H]1O. The third kappa shape index (κ3) is 5.54. The van der Waals surface area contributed by atoms with Crippen LogP contribution in [0, 0.1) is 11.3 Å². The minimum atomic E-state index is -1.39. The molecule has 29 heavy (non-hydrogen) atoms. The monoisotopic (exact) mass is 435 g/mol. The summed E-state index contributed by atoms with van der Waals surface area (Å²) >= 11 is 0.631. The van der Waals surface area contributed by atoms with Crippen LogP contribution in [-0.4, -0.2) is 91.5 Å². The van der Waals surface area contributed by atoms with Crippen LogP contribution in [0.4, 0.5) is 0 Å². The van der Waals surface area contributed by atoms with E-state index in [2.05, 4.69) is 10.0 Å². The number of azide groups is 1. The van der Waals surface area contributed by atoms with Gasteiger partial charge in [-0.3, -0.25) is 5.41 Å². The number of rotatable bonds is 8. The Bertz CT molecular complexity index is 635. The maximum Gasteiger partial charge on any atom is 0.228 e. The Balaban J connectivity index is 2.18. The fourth-order valence-electron chi connectivity index (χ4n) is 3.43. The molecule has 2 fully saturated rings. The highest BCUT2D eigenvalue weighted by Gasteiger charge is 2.50. The number of ether oxygens (including phenoxy) is 4. The van der Waals surface area contributed by atoms with Crippen LogP contribution in [0.5, 0.6) is 0 Å². The van der Waals surface area contributed by atoms with Crippen molar-refractivity contribution < 1.29 is 38.5 Å². The predicted octanol–water partition coefficient (Wildman–Crippen LogP) is -0.267. The van der Waals surface area contributed by atoms with Gasteiger partial charge in [-0.25, -0.2) is 0 Å². The van der Waals surface area contributed by atoms with E-state index in [0.29, 0.717) is 11.9 Å². The lowest BCUT2D eigenvalue weighted by Crippen LogP contribution is -2.62. The van der Waals surface area contributed by atoms with Crippen molar-refractivity contribution >= 4 is 24.9 Å². The van der Waals surface area contributed by atoms with Gasteiger partial charge in [0, 0.05) is 17.8 Å². The first-order valence-electron chi connectivity index (χ1n) is 9.54. The number of hydrogen-bond acceptors (Lipinski definition) is 11. The first-order chi connectivity index (χ1) is 14.2. The Morgan fingerprint density at radius 2 is 2.03 bits per heavy atom. The number of aliphatic hydroxyl groups excluding tert-OH is 3. The van der Waals surface area contributed by atoms with Crippen LogP contribution in [0.1, 0.15) is 20.8 Å². The molecule has 4 N–H and O–H groups in total. The van der Waals surface area contributed by atoms with Gasteiger partial charge in [-0.1, -0.05) is 23.9 Å². The summed E-state index contributed by atoms with van der Waals surface area (Å²) in [5.41, 5.74) is 8.91. The van der Waals surface area contributed by atoms with Gasteiger partial charge >= 0.3 is 0 Å². The Kier molecular flexibility index (Phi) is 8.41. The van der Waals surface area contributed by atoms with E-state index in [4.69, 9.17) is 35.4 Å². The third-order valence-corrected chi connectivity index (χ3v) is 5.24. The molecule has 12 nitrogen and oxygen atoms in total. The van der Waals surface area contributed by atoms with Crippen LogP contribution in [0.25, 0.3) is 10.4 Å². The Hall–Kier alpha value is -1.09. The average Bonchev–Trinajstić information content (AvgIpc) is 2.70. The zero-order chi connectivity index (χ0) is 22.4. The first kappa shape index (κ1) is 22.6. The van der Waals surface area contributed by atoms with Crippen LogP contribution in [0.3, 0.4) is 0 Å². The van der Waals surface area contributed by atoms with Crippen molar-refractivity contribution in [1.29, 1.82) is 6.74 Å². The van der Waals surface area contributed by atoms with Gasteiger partial charge in [0.15, 0.2) is 12.2 Å². The van der Waals surface area contributed by atoms with Crippen molar-refractivity contribution in [3.63, 3.8) is 0 Å². The lowest BCUT2D eigenvalue weighted by Gasteiger charge is -2.46. The van der Waals surface area contributed by atoms with Gasteiger partial charge in [-0.15, -0.1) is 0 Å². The van der Waals surface area contributed by atoms with E-state index >= 15 is 0 Å².